The van der Waals surface area contributed by atoms with E-state index in [0.717, 1.165) is 13.8 Å². The van der Waals surface area contributed by atoms with Crippen LogP contribution in [0.1, 0.15) is 27.2 Å². The molecule has 20 atom stereocenters. The maximum absolute atomic E-state index is 12.4. The second-order valence-corrected chi connectivity index (χ2v) is 13.6. The molecule has 0 aliphatic carbocycles. The van der Waals surface area contributed by atoms with Crippen LogP contribution in [0.15, 0.2) is 0 Å². The van der Waals surface area contributed by atoms with Crippen molar-refractivity contribution in [3.8, 4) is 0 Å². The zero-order chi connectivity index (χ0) is 40.0. The van der Waals surface area contributed by atoms with Crippen LogP contribution in [-0.2, 0) is 47.5 Å². The number of carbonyl (C=O) groups excluding carboxylic acids is 2. The first-order chi connectivity index (χ1) is 25.6. The van der Waals surface area contributed by atoms with E-state index in [1.165, 1.54) is 6.92 Å². The Morgan fingerprint density at radius 3 is 1.65 bits per heavy atom. The van der Waals surface area contributed by atoms with Crippen LogP contribution in [0.3, 0.4) is 0 Å². The van der Waals surface area contributed by atoms with Gasteiger partial charge in [0.15, 0.2) is 25.2 Å². The van der Waals surface area contributed by atoms with Gasteiger partial charge in [-0.3, -0.25) is 9.59 Å². The van der Waals surface area contributed by atoms with Crippen molar-refractivity contribution in [3.63, 3.8) is 0 Å². The monoisotopic (exact) mass is 789 g/mol. The van der Waals surface area contributed by atoms with Crippen molar-refractivity contribution in [1.29, 1.82) is 0 Å². The Morgan fingerprint density at radius 1 is 0.574 bits per heavy atom. The molecule has 0 radical (unpaired) electrons. The van der Waals surface area contributed by atoms with Gasteiger partial charge in [0, 0.05) is 13.8 Å². The Kier molecular flexibility index (Phi) is 16.7. The Morgan fingerprint density at radius 2 is 1.07 bits per heavy atom. The molecule has 23 nitrogen and oxygen atoms in total. The minimum Gasteiger partial charge on any atom is -0.394 e. The van der Waals surface area contributed by atoms with Gasteiger partial charge < -0.3 is 105 Å². The summed E-state index contributed by atoms with van der Waals surface area (Å²) >= 11 is 0. The third-order valence-electron chi connectivity index (χ3n) is 9.59. The number of aliphatic hydroxyl groups is 10. The molecule has 0 aromatic rings. The summed E-state index contributed by atoms with van der Waals surface area (Å²) in [5, 5.41) is 111. The lowest BCUT2D eigenvalue weighted by atomic mass is 9.94. The van der Waals surface area contributed by atoms with Crippen molar-refractivity contribution < 1.29 is 98.5 Å². The number of aliphatic hydroxyl groups excluding tert-OH is 10. The van der Waals surface area contributed by atoms with Gasteiger partial charge in [-0.25, -0.2) is 0 Å². The van der Waals surface area contributed by atoms with Crippen molar-refractivity contribution in [2.45, 2.75) is 150 Å². The summed E-state index contributed by atoms with van der Waals surface area (Å²) in [5.74, 6) is -1.33. The second-order valence-electron chi connectivity index (χ2n) is 13.6. The zero-order valence-corrected chi connectivity index (χ0v) is 29.9. The molecule has 2 amide bonds. The summed E-state index contributed by atoms with van der Waals surface area (Å²) in [6, 6.07) is -2.88. The fourth-order valence-electron chi connectivity index (χ4n) is 6.67. The molecule has 314 valence electrons. The lowest BCUT2D eigenvalue weighted by Crippen LogP contribution is -2.70. The number of hydrogen-bond donors (Lipinski definition) is 13. The molecular weight excluding hydrogens is 734 g/mol. The average Bonchev–Trinajstić information content (AvgIpc) is 3.13. The highest BCUT2D eigenvalue weighted by atomic mass is 16.8. The Labute approximate surface area is 309 Å². The molecule has 0 unspecified atom stereocenters. The molecule has 0 bridgehead atoms. The molecule has 4 aliphatic rings. The third-order valence-corrected chi connectivity index (χ3v) is 9.59. The van der Waals surface area contributed by atoms with Crippen molar-refractivity contribution in [3.05, 3.63) is 0 Å². The van der Waals surface area contributed by atoms with Crippen molar-refractivity contribution >= 4 is 11.8 Å². The second kappa shape index (κ2) is 20.0. The topological polar surface area (TPSA) is 360 Å². The lowest BCUT2D eigenvalue weighted by Gasteiger charge is -2.51. The number of hydrogen-bond acceptors (Lipinski definition) is 21. The minimum atomic E-state index is -1.95. The van der Waals surface area contributed by atoms with E-state index in [1.54, 1.807) is 0 Å². The van der Waals surface area contributed by atoms with Crippen LogP contribution in [0.25, 0.3) is 0 Å². The SMILES string of the molecule is CC(=O)N[C@H]1[C@@H](O[C@H]2[C@@H](O)[C@@H](CO)O[C@@H](O[C@H]3[C@@H](O)[C@@H](CO)O[C@@H](OCCCN)[C@@H]3NC(C)=O)[C@@H]2O[C@@H]2O[C@@H](C)[C@@H](O)[C@@H](O)[C@@H]2O)O[C@H](CO)[C@H](O)[C@@H]1O. The number of nitrogens with one attached hydrogen (secondary N) is 2. The number of rotatable bonds is 15. The maximum Gasteiger partial charge on any atom is 0.217 e. The molecule has 4 rings (SSSR count). The highest BCUT2D eigenvalue weighted by molar-refractivity contribution is 5.73. The fraction of sp³-hybridized carbons (Fsp3) is 0.935. The van der Waals surface area contributed by atoms with E-state index in [1.807, 2.05) is 0 Å². The van der Waals surface area contributed by atoms with E-state index in [0.29, 0.717) is 6.42 Å². The van der Waals surface area contributed by atoms with Gasteiger partial charge in [-0.1, -0.05) is 0 Å². The van der Waals surface area contributed by atoms with E-state index in [-0.39, 0.29) is 13.2 Å². The summed E-state index contributed by atoms with van der Waals surface area (Å²) in [5.41, 5.74) is 5.59. The predicted octanol–water partition coefficient (Wildman–Crippen LogP) is -8.06. The molecule has 54 heavy (non-hydrogen) atoms. The van der Waals surface area contributed by atoms with Crippen LogP contribution >= 0.6 is 0 Å². The van der Waals surface area contributed by atoms with E-state index in [9.17, 15) is 60.7 Å². The summed E-state index contributed by atoms with van der Waals surface area (Å²) in [7, 11) is 0. The summed E-state index contributed by atoms with van der Waals surface area (Å²) < 4.78 is 47.2. The maximum atomic E-state index is 12.4. The molecule has 4 heterocycles. The molecule has 0 spiro atoms. The van der Waals surface area contributed by atoms with Crippen LogP contribution in [0, 0.1) is 0 Å². The van der Waals surface area contributed by atoms with Gasteiger partial charge in [0.1, 0.15) is 91.4 Å². The molecular formula is C31H55N3O20. The molecule has 0 aromatic heterocycles. The predicted molar refractivity (Wildman–Crippen MR) is 173 cm³/mol. The third kappa shape index (κ3) is 10.2. The van der Waals surface area contributed by atoms with Gasteiger partial charge in [0.2, 0.25) is 11.8 Å². The first kappa shape index (κ1) is 44.9. The van der Waals surface area contributed by atoms with Crippen LogP contribution < -0.4 is 16.4 Å². The van der Waals surface area contributed by atoms with Crippen LogP contribution in [-0.4, -0.2) is 219 Å². The lowest BCUT2D eigenvalue weighted by molar-refractivity contribution is -0.397. The average molecular weight is 790 g/mol. The van der Waals surface area contributed by atoms with Gasteiger partial charge in [0.25, 0.3) is 0 Å². The number of carbonyl (C=O) groups is 2. The van der Waals surface area contributed by atoms with Gasteiger partial charge >= 0.3 is 0 Å². The Bertz CT molecular complexity index is 1190. The normalized spacial score (nSPS) is 45.8. The van der Waals surface area contributed by atoms with Crippen LogP contribution in [0.2, 0.25) is 0 Å². The summed E-state index contributed by atoms with van der Waals surface area (Å²) in [4.78, 5) is 24.5. The Balaban J connectivity index is 1.78. The summed E-state index contributed by atoms with van der Waals surface area (Å²) in [6.45, 7) is 1.36. The first-order valence-corrected chi connectivity index (χ1v) is 17.6. The van der Waals surface area contributed by atoms with E-state index in [4.69, 9.17) is 43.6 Å². The van der Waals surface area contributed by atoms with Gasteiger partial charge in [-0.15, -0.1) is 0 Å². The highest BCUT2D eigenvalue weighted by Gasteiger charge is 2.57. The minimum absolute atomic E-state index is 0.0219. The van der Waals surface area contributed by atoms with E-state index in [2.05, 4.69) is 10.6 Å². The van der Waals surface area contributed by atoms with Crippen LogP contribution in [0.5, 0.6) is 0 Å². The molecule has 14 N–H and O–H groups in total. The van der Waals surface area contributed by atoms with Gasteiger partial charge in [-0.05, 0) is 19.9 Å². The molecule has 0 saturated carbocycles. The zero-order valence-electron chi connectivity index (χ0n) is 29.9. The van der Waals surface area contributed by atoms with Crippen LogP contribution in [0.4, 0.5) is 0 Å². The number of ether oxygens (including phenoxy) is 8. The Hall–Kier alpha value is -1.82. The van der Waals surface area contributed by atoms with Gasteiger partial charge in [0.05, 0.1) is 32.5 Å². The van der Waals surface area contributed by atoms with E-state index >= 15 is 0 Å². The first-order valence-electron chi connectivity index (χ1n) is 17.6. The molecule has 23 heteroatoms. The largest absolute Gasteiger partial charge is 0.394 e. The van der Waals surface area contributed by atoms with Crippen molar-refractivity contribution in [2.75, 3.05) is 33.0 Å². The fourth-order valence-corrected chi connectivity index (χ4v) is 6.67. The standard InChI is InChI=1S/C31H55N3O20/c1-10-18(40)23(45)24(46)30(48-10)54-27-26(53-29-16(33-11(2)38)22(44)19(41)13(7-35)50-29)21(43)15(9-37)51-31(27)52-25-17(34-12(3)39)28(47-6-4-5-32)49-14(8-36)20(25)42/h10,13-31,35-37,40-46H,4-9,32H2,1-3H3,(H,33,38)(H,34,39)/t10-,13+,14+,15+,16+,17+,18+,19-,20-,21-,22+,23+,24-,25+,26-,27+,28+,29+,30-,31-/m0/s1. The molecule has 4 fully saturated rings. The highest BCUT2D eigenvalue weighted by Crippen LogP contribution is 2.36. The van der Waals surface area contributed by atoms with Crippen molar-refractivity contribution in [1.82, 2.24) is 10.6 Å². The summed E-state index contributed by atoms with van der Waals surface area (Å²) in [6.07, 6.45) is -29.8. The van der Waals surface area contributed by atoms with Crippen molar-refractivity contribution in [2.24, 2.45) is 5.73 Å². The molecule has 4 aliphatic heterocycles. The number of nitrogens with two attached hydrogens (primary N) is 1. The van der Waals surface area contributed by atoms with E-state index < -0.39 is 154 Å². The molecule has 0 aromatic carbocycles. The smallest absolute Gasteiger partial charge is 0.217 e. The quantitative estimate of drug-likeness (QED) is 0.0685. The van der Waals surface area contributed by atoms with Gasteiger partial charge in [-0.2, -0.15) is 0 Å². The molecule has 4 saturated heterocycles. The number of amides is 2.